The van der Waals surface area contributed by atoms with Gasteiger partial charge >= 0.3 is 12.3 Å². The van der Waals surface area contributed by atoms with Crippen molar-refractivity contribution in [2.45, 2.75) is 69.8 Å². The van der Waals surface area contributed by atoms with Crippen molar-refractivity contribution < 1.29 is 36.9 Å². The fourth-order valence-electron chi connectivity index (χ4n) is 5.59. The standard InChI is InChI=1S/C31H40F4N2O4/c1-29(2,26-18-25(32)12-13-27(26)40-19-24-10-6-11-24)21-30(39,31(33,34)35)22-36-14-7-15-37(17-16-36)28(38)41-20-23-8-4-3-5-9-23/h3-5,8-9,12-13,18,24,39H,6-7,10-11,14-17,19-22H2,1-2H3. The number of carbonyl (C=O) groups is 1. The minimum atomic E-state index is -4.94. The Labute approximate surface area is 239 Å². The van der Waals surface area contributed by atoms with Crippen LogP contribution in [0.1, 0.15) is 57.1 Å². The van der Waals surface area contributed by atoms with Crippen LogP contribution in [-0.4, -0.2) is 72.1 Å². The number of benzene rings is 2. The average Bonchev–Trinajstić information content (AvgIpc) is 3.12. The average molecular weight is 581 g/mol. The maximum absolute atomic E-state index is 14.5. The van der Waals surface area contributed by atoms with E-state index in [0.717, 1.165) is 24.8 Å². The number of carbonyl (C=O) groups excluding carboxylic acids is 1. The second-order valence-corrected chi connectivity index (χ2v) is 12.0. The molecule has 2 aliphatic rings. The van der Waals surface area contributed by atoms with Gasteiger partial charge in [-0.2, -0.15) is 13.2 Å². The van der Waals surface area contributed by atoms with Gasteiger partial charge in [0.2, 0.25) is 0 Å². The van der Waals surface area contributed by atoms with Crippen LogP contribution in [0.3, 0.4) is 0 Å². The molecular weight excluding hydrogens is 540 g/mol. The predicted molar refractivity (Wildman–Crippen MR) is 147 cm³/mol. The number of amides is 1. The summed E-state index contributed by atoms with van der Waals surface area (Å²) in [5.74, 6) is 0.153. The summed E-state index contributed by atoms with van der Waals surface area (Å²) in [6.45, 7) is 3.94. The number of halogens is 4. The van der Waals surface area contributed by atoms with Crippen molar-refractivity contribution in [1.82, 2.24) is 9.80 Å². The third kappa shape index (κ3) is 8.13. The van der Waals surface area contributed by atoms with E-state index in [2.05, 4.69) is 0 Å². The molecule has 10 heteroatoms. The molecule has 1 saturated carbocycles. The third-order valence-corrected chi connectivity index (χ3v) is 8.17. The van der Waals surface area contributed by atoms with Crippen molar-refractivity contribution in [2.75, 3.05) is 39.3 Å². The van der Waals surface area contributed by atoms with Crippen LogP contribution in [0.2, 0.25) is 0 Å². The highest BCUT2D eigenvalue weighted by Crippen LogP contribution is 2.44. The lowest BCUT2D eigenvalue weighted by atomic mass is 9.74. The molecule has 6 nitrogen and oxygen atoms in total. The van der Waals surface area contributed by atoms with Crippen LogP contribution in [0.25, 0.3) is 0 Å². The highest BCUT2D eigenvalue weighted by Gasteiger charge is 2.57. The van der Waals surface area contributed by atoms with Gasteiger partial charge in [0, 0.05) is 38.3 Å². The van der Waals surface area contributed by atoms with E-state index >= 15 is 0 Å². The summed E-state index contributed by atoms with van der Waals surface area (Å²) in [4.78, 5) is 15.6. The Morgan fingerprint density at radius 2 is 1.73 bits per heavy atom. The molecule has 1 heterocycles. The lowest BCUT2D eigenvalue weighted by molar-refractivity contribution is -0.271. The van der Waals surface area contributed by atoms with E-state index in [1.54, 1.807) is 13.8 Å². The molecule has 1 atom stereocenters. The number of aliphatic hydroxyl groups is 1. The second-order valence-electron chi connectivity index (χ2n) is 12.0. The van der Waals surface area contributed by atoms with E-state index in [0.29, 0.717) is 36.8 Å². The Bertz CT molecular complexity index is 1160. The molecule has 4 rings (SSSR count). The van der Waals surface area contributed by atoms with Gasteiger partial charge in [0.15, 0.2) is 5.60 Å². The van der Waals surface area contributed by atoms with Gasteiger partial charge in [-0.1, -0.05) is 50.6 Å². The predicted octanol–water partition coefficient (Wildman–Crippen LogP) is 6.31. The summed E-state index contributed by atoms with van der Waals surface area (Å²) in [7, 11) is 0. The first kappa shape index (κ1) is 31.1. The molecular formula is C31H40F4N2O4. The van der Waals surface area contributed by atoms with Crippen LogP contribution >= 0.6 is 0 Å². The van der Waals surface area contributed by atoms with Gasteiger partial charge in [-0.25, -0.2) is 9.18 Å². The largest absolute Gasteiger partial charge is 0.493 e. The molecule has 1 unspecified atom stereocenters. The molecule has 0 radical (unpaired) electrons. The molecule has 0 spiro atoms. The van der Waals surface area contributed by atoms with E-state index in [1.165, 1.54) is 28.0 Å². The first-order valence-corrected chi connectivity index (χ1v) is 14.3. The van der Waals surface area contributed by atoms with Crippen LogP contribution < -0.4 is 4.74 Å². The number of alkyl halides is 3. The Morgan fingerprint density at radius 3 is 2.39 bits per heavy atom. The molecule has 1 N–H and O–H groups in total. The molecule has 0 aromatic heterocycles. The van der Waals surface area contributed by atoms with Crippen LogP contribution in [-0.2, 0) is 16.8 Å². The summed E-state index contributed by atoms with van der Waals surface area (Å²) in [5, 5.41) is 11.2. The minimum absolute atomic E-state index is 0.106. The lowest BCUT2D eigenvalue weighted by Crippen LogP contribution is -2.56. The van der Waals surface area contributed by atoms with Crippen molar-refractivity contribution in [1.29, 1.82) is 0 Å². The van der Waals surface area contributed by atoms with Gasteiger partial charge in [-0.3, -0.25) is 4.90 Å². The normalized spacial score (nSPS) is 18.8. The first-order chi connectivity index (χ1) is 19.4. The molecule has 1 aliphatic carbocycles. The minimum Gasteiger partial charge on any atom is -0.493 e. The summed E-state index contributed by atoms with van der Waals surface area (Å²) in [6, 6.07) is 13.1. The maximum atomic E-state index is 14.5. The SMILES string of the molecule is CC(C)(CC(O)(CN1CCCN(C(=O)OCc2ccccc2)CC1)C(F)(F)F)c1cc(F)ccc1OCC1CCC1. The van der Waals surface area contributed by atoms with Crippen LogP contribution in [0.5, 0.6) is 5.75 Å². The Hall–Kier alpha value is -2.85. The lowest BCUT2D eigenvalue weighted by Gasteiger charge is -2.41. The van der Waals surface area contributed by atoms with Gasteiger partial charge in [-0.05, 0) is 60.8 Å². The summed E-state index contributed by atoms with van der Waals surface area (Å²) in [6.07, 6.45) is -2.53. The molecule has 41 heavy (non-hydrogen) atoms. The van der Waals surface area contributed by atoms with E-state index in [4.69, 9.17) is 9.47 Å². The monoisotopic (exact) mass is 580 g/mol. The zero-order valence-electron chi connectivity index (χ0n) is 23.8. The number of β-amino-alcohol motifs (C(OH)–C–C–N with tert-alkyl or cyclic N) is 1. The Balaban J connectivity index is 1.42. The Kier molecular flexibility index (Phi) is 9.85. The zero-order chi connectivity index (χ0) is 29.7. The highest BCUT2D eigenvalue weighted by molar-refractivity contribution is 5.67. The van der Waals surface area contributed by atoms with Gasteiger partial charge in [0.25, 0.3) is 0 Å². The molecule has 1 aliphatic heterocycles. The quantitative estimate of drug-likeness (QED) is 0.334. The number of nitrogens with zero attached hydrogens (tertiary/aromatic N) is 2. The van der Waals surface area contributed by atoms with E-state index < -0.39 is 42.1 Å². The topological polar surface area (TPSA) is 62.2 Å². The number of hydrogen-bond acceptors (Lipinski definition) is 5. The first-order valence-electron chi connectivity index (χ1n) is 14.3. The molecule has 0 bridgehead atoms. The highest BCUT2D eigenvalue weighted by atomic mass is 19.4. The van der Waals surface area contributed by atoms with Crippen LogP contribution in [0.4, 0.5) is 22.4 Å². The van der Waals surface area contributed by atoms with Crippen molar-refractivity contribution in [3.8, 4) is 5.75 Å². The van der Waals surface area contributed by atoms with E-state index in [-0.39, 0.29) is 26.2 Å². The van der Waals surface area contributed by atoms with Crippen molar-refractivity contribution >= 4 is 6.09 Å². The maximum Gasteiger partial charge on any atom is 0.418 e. The fourth-order valence-corrected chi connectivity index (χ4v) is 5.59. The number of ether oxygens (including phenoxy) is 2. The third-order valence-electron chi connectivity index (χ3n) is 8.17. The van der Waals surface area contributed by atoms with Crippen LogP contribution in [0, 0.1) is 11.7 Å². The smallest absolute Gasteiger partial charge is 0.418 e. The molecule has 1 amide bonds. The van der Waals surface area contributed by atoms with Crippen molar-refractivity contribution in [3.05, 3.63) is 65.5 Å². The molecule has 226 valence electrons. The Morgan fingerprint density at radius 1 is 1.00 bits per heavy atom. The molecule has 1 saturated heterocycles. The molecule has 2 aromatic rings. The van der Waals surface area contributed by atoms with Crippen LogP contribution in [0.15, 0.2) is 48.5 Å². The van der Waals surface area contributed by atoms with E-state index in [1.807, 2.05) is 30.3 Å². The zero-order valence-corrected chi connectivity index (χ0v) is 23.8. The van der Waals surface area contributed by atoms with Gasteiger partial charge in [0.1, 0.15) is 18.2 Å². The van der Waals surface area contributed by atoms with Gasteiger partial charge in [-0.15, -0.1) is 0 Å². The number of rotatable bonds is 10. The summed E-state index contributed by atoms with van der Waals surface area (Å²) in [5.41, 5.74) is -3.20. The van der Waals surface area contributed by atoms with Gasteiger partial charge in [0.05, 0.1) is 6.61 Å². The number of hydrogen-bond donors (Lipinski definition) is 1. The van der Waals surface area contributed by atoms with Crippen molar-refractivity contribution in [3.63, 3.8) is 0 Å². The molecule has 2 fully saturated rings. The van der Waals surface area contributed by atoms with E-state index in [9.17, 15) is 27.5 Å². The summed E-state index contributed by atoms with van der Waals surface area (Å²) >= 11 is 0. The fraction of sp³-hybridized carbons (Fsp3) is 0.581. The van der Waals surface area contributed by atoms with Crippen molar-refractivity contribution in [2.24, 2.45) is 5.92 Å². The summed E-state index contributed by atoms with van der Waals surface area (Å²) < 4.78 is 69.1. The molecule has 2 aromatic carbocycles. The second kappa shape index (κ2) is 13.0. The van der Waals surface area contributed by atoms with Gasteiger partial charge < -0.3 is 19.5 Å².